The van der Waals surface area contributed by atoms with Crippen LogP contribution in [0.1, 0.15) is 39.5 Å². The number of carbonyl (C=O) groups excluding carboxylic acids is 4. The van der Waals surface area contributed by atoms with Crippen LogP contribution < -0.4 is 0 Å². The first kappa shape index (κ1) is 17.8. The molecule has 0 amide bonds. The Morgan fingerprint density at radius 3 is 1.45 bits per heavy atom. The van der Waals surface area contributed by atoms with E-state index >= 15 is 0 Å². The third-order valence-corrected chi connectivity index (χ3v) is 3.04. The molecule has 0 aliphatic carbocycles. The fourth-order valence-electron chi connectivity index (χ4n) is 1.77. The molecule has 0 unspecified atom stereocenters. The van der Waals surface area contributed by atoms with Crippen molar-refractivity contribution in [1.82, 2.24) is 0 Å². The van der Waals surface area contributed by atoms with Gasteiger partial charge in [-0.1, -0.05) is 0 Å². The van der Waals surface area contributed by atoms with Crippen molar-refractivity contribution in [3.8, 4) is 0 Å². The smallest absolute Gasteiger partial charge is 0.331 e. The van der Waals surface area contributed by atoms with Gasteiger partial charge in [0, 0.05) is 25.0 Å². The van der Waals surface area contributed by atoms with Crippen molar-refractivity contribution in [1.29, 1.82) is 0 Å². The maximum Gasteiger partial charge on any atom is 0.331 e. The predicted molar refractivity (Wildman–Crippen MR) is 77.9 cm³/mol. The van der Waals surface area contributed by atoms with E-state index in [1.807, 2.05) is 0 Å². The van der Waals surface area contributed by atoms with Gasteiger partial charge in [0.15, 0.2) is 11.6 Å². The number of cyclic esters (lactones) is 2. The molecule has 22 heavy (non-hydrogen) atoms. The standard InChI is InChI=1S/C16H20O6/c1-11-3-5-13(17)8-10-16(20)22-12(2)4-6-14(18)7-9-15(19)21-11/h7-12H,3-6H2,1-2H3/b9-7-,10-8-/t11-,12-/m1/s1. The van der Waals surface area contributed by atoms with Crippen LogP contribution in [0.25, 0.3) is 0 Å². The van der Waals surface area contributed by atoms with Gasteiger partial charge in [-0.25, -0.2) is 9.59 Å². The second kappa shape index (κ2) is 8.92. The normalized spacial score (nSPS) is 28.6. The van der Waals surface area contributed by atoms with E-state index in [0.29, 0.717) is 12.8 Å². The lowest BCUT2D eigenvalue weighted by Gasteiger charge is -2.12. The highest BCUT2D eigenvalue weighted by atomic mass is 16.5. The summed E-state index contributed by atoms with van der Waals surface area (Å²) in [4.78, 5) is 46.1. The zero-order valence-electron chi connectivity index (χ0n) is 12.7. The fourth-order valence-corrected chi connectivity index (χ4v) is 1.77. The van der Waals surface area contributed by atoms with Crippen LogP contribution >= 0.6 is 0 Å². The van der Waals surface area contributed by atoms with Gasteiger partial charge in [-0.2, -0.15) is 0 Å². The molecule has 120 valence electrons. The van der Waals surface area contributed by atoms with E-state index in [0.717, 1.165) is 24.3 Å². The Bertz CT molecular complexity index is 457. The van der Waals surface area contributed by atoms with Gasteiger partial charge in [-0.05, 0) is 38.8 Å². The largest absolute Gasteiger partial charge is 0.459 e. The summed E-state index contributed by atoms with van der Waals surface area (Å²) in [7, 11) is 0. The summed E-state index contributed by atoms with van der Waals surface area (Å²) < 4.78 is 10.1. The Kier molecular flexibility index (Phi) is 7.22. The van der Waals surface area contributed by atoms with Crippen molar-refractivity contribution >= 4 is 23.5 Å². The number of carbonyl (C=O) groups is 4. The summed E-state index contributed by atoms with van der Waals surface area (Å²) in [5.74, 6) is -1.72. The Balaban J connectivity index is 2.75. The minimum Gasteiger partial charge on any atom is -0.459 e. The van der Waals surface area contributed by atoms with Crippen LogP contribution in [0.3, 0.4) is 0 Å². The van der Waals surface area contributed by atoms with Crippen molar-refractivity contribution in [3.05, 3.63) is 24.3 Å². The molecule has 0 aromatic carbocycles. The summed E-state index contributed by atoms with van der Waals surface area (Å²) in [6.07, 6.45) is 4.51. The van der Waals surface area contributed by atoms with Crippen molar-refractivity contribution in [2.75, 3.05) is 0 Å². The van der Waals surface area contributed by atoms with Gasteiger partial charge in [0.25, 0.3) is 0 Å². The van der Waals surface area contributed by atoms with Gasteiger partial charge in [-0.3, -0.25) is 9.59 Å². The van der Waals surface area contributed by atoms with E-state index in [1.165, 1.54) is 0 Å². The number of ketones is 2. The molecule has 0 aromatic rings. The molecule has 1 aliphatic rings. The van der Waals surface area contributed by atoms with Gasteiger partial charge in [0.05, 0.1) is 12.2 Å². The van der Waals surface area contributed by atoms with Crippen LogP contribution in [0.4, 0.5) is 0 Å². The van der Waals surface area contributed by atoms with Gasteiger partial charge in [0.2, 0.25) is 0 Å². The van der Waals surface area contributed by atoms with E-state index in [9.17, 15) is 19.2 Å². The summed E-state index contributed by atoms with van der Waals surface area (Å²) >= 11 is 0. The first-order valence-electron chi connectivity index (χ1n) is 7.20. The second-order valence-electron chi connectivity index (χ2n) is 5.17. The number of ether oxygens (including phenoxy) is 2. The lowest BCUT2D eigenvalue weighted by molar-refractivity contribution is -0.143. The van der Waals surface area contributed by atoms with Crippen LogP contribution in [-0.4, -0.2) is 35.7 Å². The Morgan fingerprint density at radius 2 is 1.09 bits per heavy atom. The molecule has 0 bridgehead atoms. The highest BCUT2D eigenvalue weighted by molar-refractivity contribution is 5.96. The fraction of sp³-hybridized carbons (Fsp3) is 0.500. The van der Waals surface area contributed by atoms with E-state index < -0.39 is 24.1 Å². The summed E-state index contributed by atoms with van der Waals surface area (Å²) in [5, 5.41) is 0. The van der Waals surface area contributed by atoms with Crippen LogP contribution in [0.2, 0.25) is 0 Å². The number of allylic oxidation sites excluding steroid dienone is 2. The van der Waals surface area contributed by atoms with E-state index in [4.69, 9.17) is 9.47 Å². The molecule has 2 atom stereocenters. The molecule has 1 heterocycles. The summed E-state index contributed by atoms with van der Waals surface area (Å²) in [6.45, 7) is 3.31. The molecular formula is C16H20O6. The first-order valence-corrected chi connectivity index (χ1v) is 7.20. The van der Waals surface area contributed by atoms with E-state index in [-0.39, 0.29) is 24.4 Å². The third-order valence-electron chi connectivity index (χ3n) is 3.04. The van der Waals surface area contributed by atoms with Crippen LogP contribution in [-0.2, 0) is 28.7 Å². The van der Waals surface area contributed by atoms with Gasteiger partial charge >= 0.3 is 11.9 Å². The highest BCUT2D eigenvalue weighted by Gasteiger charge is 2.12. The Morgan fingerprint density at radius 1 is 0.727 bits per heavy atom. The lowest BCUT2D eigenvalue weighted by atomic mass is 10.1. The van der Waals surface area contributed by atoms with Crippen molar-refractivity contribution in [2.45, 2.75) is 51.7 Å². The van der Waals surface area contributed by atoms with Crippen LogP contribution in [0.5, 0.6) is 0 Å². The van der Waals surface area contributed by atoms with Gasteiger partial charge in [0.1, 0.15) is 0 Å². The first-order chi connectivity index (χ1) is 10.4. The molecular weight excluding hydrogens is 288 g/mol. The molecule has 1 rings (SSSR count). The molecule has 0 spiro atoms. The van der Waals surface area contributed by atoms with Crippen molar-refractivity contribution < 1.29 is 28.7 Å². The third kappa shape index (κ3) is 7.52. The zero-order chi connectivity index (χ0) is 16.5. The SMILES string of the molecule is C[C@@H]1CCC(=O)/C=C\C(=O)O[C@H](C)CCC(=O)/C=C\C(=O)O1. The number of hydrogen-bond donors (Lipinski definition) is 0. The number of hydrogen-bond acceptors (Lipinski definition) is 6. The maximum atomic E-state index is 11.6. The molecule has 0 saturated carbocycles. The highest BCUT2D eigenvalue weighted by Crippen LogP contribution is 2.07. The monoisotopic (exact) mass is 308 g/mol. The van der Waals surface area contributed by atoms with E-state index in [2.05, 4.69) is 0 Å². The lowest BCUT2D eigenvalue weighted by Crippen LogP contribution is -2.16. The van der Waals surface area contributed by atoms with E-state index in [1.54, 1.807) is 13.8 Å². The topological polar surface area (TPSA) is 86.7 Å². The van der Waals surface area contributed by atoms with Crippen molar-refractivity contribution in [3.63, 3.8) is 0 Å². The number of rotatable bonds is 0. The molecule has 6 heteroatoms. The molecule has 0 radical (unpaired) electrons. The molecule has 6 nitrogen and oxygen atoms in total. The molecule has 0 fully saturated rings. The van der Waals surface area contributed by atoms with Gasteiger partial charge in [-0.15, -0.1) is 0 Å². The Labute approximate surface area is 129 Å². The predicted octanol–water partition coefficient (Wildman–Crippen LogP) is 1.67. The quantitative estimate of drug-likeness (QED) is 0.633. The maximum absolute atomic E-state index is 11.6. The molecule has 0 N–H and O–H groups in total. The second-order valence-corrected chi connectivity index (χ2v) is 5.17. The summed E-state index contributed by atoms with van der Waals surface area (Å²) in [6, 6.07) is 0. The average Bonchev–Trinajstić information content (AvgIpc) is 2.46. The van der Waals surface area contributed by atoms with Crippen molar-refractivity contribution in [2.24, 2.45) is 0 Å². The van der Waals surface area contributed by atoms with Gasteiger partial charge < -0.3 is 9.47 Å². The zero-order valence-corrected chi connectivity index (χ0v) is 12.7. The Hall–Kier alpha value is -2.24. The molecule has 0 aromatic heterocycles. The summed E-state index contributed by atoms with van der Waals surface area (Å²) in [5.41, 5.74) is 0. The number of esters is 2. The minimum absolute atomic E-state index is 0.149. The minimum atomic E-state index is -0.615. The average molecular weight is 308 g/mol. The molecule has 1 aliphatic heterocycles. The molecule has 0 saturated heterocycles. The van der Waals surface area contributed by atoms with Crippen LogP contribution in [0.15, 0.2) is 24.3 Å². The van der Waals surface area contributed by atoms with Crippen LogP contribution in [0, 0.1) is 0 Å².